The minimum absolute atomic E-state index is 0. The van der Waals surface area contributed by atoms with Crippen molar-refractivity contribution < 1.29 is 44.2 Å². The normalized spacial score (nSPS) is 10.2. The maximum absolute atomic E-state index is 10.9. The molecule has 3 rings (SSSR count). The molecule has 1 heterocycles. The number of thiazole rings is 1. The molecule has 2 aromatic carbocycles. The van der Waals surface area contributed by atoms with Gasteiger partial charge < -0.3 is 14.6 Å². The predicted molar refractivity (Wildman–Crippen MR) is 99.2 cm³/mol. The molecule has 0 aliphatic rings. The van der Waals surface area contributed by atoms with Crippen LogP contribution >= 0.6 is 38.9 Å². The first-order valence-electron chi connectivity index (χ1n) is 7.32. The molecule has 0 aliphatic heterocycles. The standard InChI is InChI=1S/C18H13BrClNO3S.Na/c19-13-3-6-16(24-9-11-1-4-14(20)5-2-11)12(7-13)8-17-21-15(10-25-17)18(22)23;/h1-7,10H,8-9H2,(H,22,23);/q;+1/p-1. The van der Waals surface area contributed by atoms with Crippen LogP contribution in [0.25, 0.3) is 0 Å². The van der Waals surface area contributed by atoms with Crippen molar-refractivity contribution in [3.05, 3.63) is 79.2 Å². The number of halogens is 2. The van der Waals surface area contributed by atoms with E-state index in [1.807, 2.05) is 42.5 Å². The van der Waals surface area contributed by atoms with Gasteiger partial charge in [0.1, 0.15) is 12.4 Å². The molecular formula is C18H12BrClNNaO3S. The molecule has 26 heavy (non-hydrogen) atoms. The van der Waals surface area contributed by atoms with Gasteiger partial charge in [0.15, 0.2) is 0 Å². The third kappa shape index (κ3) is 5.81. The summed E-state index contributed by atoms with van der Waals surface area (Å²) in [7, 11) is 0. The molecule has 0 unspecified atom stereocenters. The smallest absolute Gasteiger partial charge is 0.543 e. The molecule has 0 fully saturated rings. The fourth-order valence-electron chi connectivity index (χ4n) is 2.22. The second-order valence-corrected chi connectivity index (χ2v) is 7.55. The zero-order valence-corrected chi connectivity index (χ0v) is 19.0. The van der Waals surface area contributed by atoms with Crippen LogP contribution in [0.2, 0.25) is 5.02 Å². The van der Waals surface area contributed by atoms with Crippen molar-refractivity contribution in [2.45, 2.75) is 13.0 Å². The molecule has 0 radical (unpaired) electrons. The van der Waals surface area contributed by atoms with Crippen LogP contribution in [0.5, 0.6) is 5.75 Å². The summed E-state index contributed by atoms with van der Waals surface area (Å²) in [5, 5.41) is 13.7. The maximum Gasteiger partial charge on any atom is 1.00 e. The molecule has 0 saturated heterocycles. The van der Waals surface area contributed by atoms with E-state index in [-0.39, 0.29) is 35.3 Å². The molecule has 8 heteroatoms. The summed E-state index contributed by atoms with van der Waals surface area (Å²) < 4.78 is 6.84. The van der Waals surface area contributed by atoms with E-state index in [4.69, 9.17) is 16.3 Å². The van der Waals surface area contributed by atoms with E-state index >= 15 is 0 Å². The Hall–Kier alpha value is -0.890. The van der Waals surface area contributed by atoms with Crippen LogP contribution in [-0.2, 0) is 13.0 Å². The van der Waals surface area contributed by atoms with Gasteiger partial charge in [0.05, 0.1) is 16.7 Å². The van der Waals surface area contributed by atoms with Crippen LogP contribution < -0.4 is 39.4 Å². The largest absolute Gasteiger partial charge is 1.00 e. The molecular weight excluding hydrogens is 449 g/mol. The van der Waals surface area contributed by atoms with E-state index in [1.165, 1.54) is 16.7 Å². The number of aromatic carboxylic acids is 1. The van der Waals surface area contributed by atoms with E-state index in [0.717, 1.165) is 21.3 Å². The first-order chi connectivity index (χ1) is 12.0. The molecule has 128 valence electrons. The molecule has 0 aliphatic carbocycles. The summed E-state index contributed by atoms with van der Waals surface area (Å²) in [5.41, 5.74) is 1.88. The van der Waals surface area contributed by atoms with Gasteiger partial charge in [-0.05, 0) is 35.9 Å². The number of ether oxygens (including phenoxy) is 1. The monoisotopic (exact) mass is 459 g/mol. The van der Waals surface area contributed by atoms with Gasteiger partial charge in [-0.25, -0.2) is 4.98 Å². The van der Waals surface area contributed by atoms with Crippen LogP contribution in [0.1, 0.15) is 26.6 Å². The zero-order chi connectivity index (χ0) is 17.8. The molecule has 0 saturated carbocycles. The van der Waals surface area contributed by atoms with E-state index in [9.17, 15) is 9.90 Å². The molecule has 0 bridgehead atoms. The number of carbonyl (C=O) groups is 1. The van der Waals surface area contributed by atoms with Crippen molar-refractivity contribution in [2.24, 2.45) is 0 Å². The summed E-state index contributed by atoms with van der Waals surface area (Å²) in [5.74, 6) is -0.542. The van der Waals surface area contributed by atoms with Gasteiger partial charge >= 0.3 is 29.6 Å². The second-order valence-electron chi connectivity index (χ2n) is 5.26. The molecule has 4 nitrogen and oxygen atoms in total. The Morgan fingerprint density at radius 3 is 2.62 bits per heavy atom. The van der Waals surface area contributed by atoms with Crippen molar-refractivity contribution in [3.8, 4) is 5.75 Å². The molecule has 0 amide bonds. The average Bonchev–Trinajstić information content (AvgIpc) is 3.04. The van der Waals surface area contributed by atoms with Gasteiger partial charge in [-0.1, -0.05) is 39.7 Å². The summed E-state index contributed by atoms with van der Waals surface area (Å²) in [6.07, 6.45) is 0.480. The van der Waals surface area contributed by atoms with E-state index in [0.29, 0.717) is 23.1 Å². The van der Waals surface area contributed by atoms with Crippen molar-refractivity contribution in [1.82, 2.24) is 4.98 Å². The SMILES string of the molecule is O=C([O-])c1csc(Cc2cc(Br)ccc2OCc2ccc(Cl)cc2)n1.[Na+]. The van der Waals surface area contributed by atoms with Crippen LogP contribution in [0.15, 0.2) is 52.3 Å². The fourth-order valence-corrected chi connectivity index (χ4v) is 3.54. The average molecular weight is 461 g/mol. The van der Waals surface area contributed by atoms with E-state index in [2.05, 4.69) is 20.9 Å². The Kier molecular flexibility index (Phi) is 8.13. The van der Waals surface area contributed by atoms with Gasteiger partial charge in [-0.2, -0.15) is 0 Å². The summed E-state index contributed by atoms with van der Waals surface area (Å²) >= 11 is 10.6. The third-order valence-corrected chi connectivity index (χ3v) is 5.03. The minimum atomic E-state index is -1.27. The topological polar surface area (TPSA) is 62.2 Å². The number of hydrogen-bond donors (Lipinski definition) is 0. The number of carbonyl (C=O) groups excluding carboxylic acids is 1. The molecule has 1 aromatic heterocycles. The molecule has 0 spiro atoms. The van der Waals surface area contributed by atoms with E-state index in [1.54, 1.807) is 0 Å². The molecule has 3 aromatic rings. The number of benzene rings is 2. The number of carboxylic acid groups (broad SMARTS) is 1. The van der Waals surface area contributed by atoms with Crippen molar-refractivity contribution in [2.75, 3.05) is 0 Å². The van der Waals surface area contributed by atoms with Crippen LogP contribution in [0.3, 0.4) is 0 Å². The number of nitrogens with zero attached hydrogens (tertiary/aromatic N) is 1. The first kappa shape index (κ1) is 21.4. The van der Waals surface area contributed by atoms with E-state index < -0.39 is 5.97 Å². The maximum atomic E-state index is 10.9. The van der Waals surface area contributed by atoms with Crippen molar-refractivity contribution in [3.63, 3.8) is 0 Å². The summed E-state index contributed by atoms with van der Waals surface area (Å²) in [6.45, 7) is 0.411. The van der Waals surface area contributed by atoms with Crippen molar-refractivity contribution in [1.29, 1.82) is 0 Å². The molecule has 0 N–H and O–H groups in total. The molecule has 0 atom stereocenters. The van der Waals surface area contributed by atoms with Gasteiger partial charge in [-0.3, -0.25) is 0 Å². The Balaban J connectivity index is 0.00000243. The first-order valence-corrected chi connectivity index (χ1v) is 9.38. The van der Waals surface area contributed by atoms with Gasteiger partial charge in [0.2, 0.25) is 0 Å². The Morgan fingerprint density at radius 1 is 1.23 bits per heavy atom. The third-order valence-electron chi connectivity index (χ3n) is 3.43. The second kappa shape index (κ2) is 9.88. The Labute approximate surface area is 190 Å². The van der Waals surface area contributed by atoms with Crippen LogP contribution in [0.4, 0.5) is 0 Å². The summed E-state index contributed by atoms with van der Waals surface area (Å²) in [4.78, 5) is 14.9. The number of rotatable bonds is 6. The number of hydrogen-bond acceptors (Lipinski definition) is 5. The van der Waals surface area contributed by atoms with Crippen LogP contribution in [0, 0.1) is 0 Å². The van der Waals surface area contributed by atoms with Gasteiger partial charge in [-0.15, -0.1) is 11.3 Å². The zero-order valence-electron chi connectivity index (χ0n) is 13.9. The van der Waals surface area contributed by atoms with Gasteiger partial charge in [0, 0.05) is 26.9 Å². The number of aromatic nitrogens is 1. The number of carboxylic acids is 1. The fraction of sp³-hybridized carbons (Fsp3) is 0.111. The quantitative estimate of drug-likeness (QED) is 0.517. The van der Waals surface area contributed by atoms with Crippen LogP contribution in [-0.4, -0.2) is 11.0 Å². The van der Waals surface area contributed by atoms with Gasteiger partial charge in [0.25, 0.3) is 0 Å². The predicted octanol–water partition coefficient (Wildman–Crippen LogP) is 1.10. The summed E-state index contributed by atoms with van der Waals surface area (Å²) in [6, 6.07) is 13.2. The minimum Gasteiger partial charge on any atom is -0.543 e. The van der Waals surface area contributed by atoms with Crippen molar-refractivity contribution >= 4 is 44.8 Å². The Morgan fingerprint density at radius 2 is 1.96 bits per heavy atom. The Bertz CT molecular complexity index is 902.